The molecule has 0 bridgehead atoms. The molecule has 26 heavy (non-hydrogen) atoms. The average Bonchev–Trinajstić information content (AvgIpc) is 2.68. The maximum absolute atomic E-state index is 12.2. The van der Waals surface area contributed by atoms with Gasteiger partial charge in [-0.2, -0.15) is 0 Å². The number of nitrogens with zero attached hydrogens (tertiary/aromatic N) is 2. The molecule has 0 aliphatic rings. The zero-order valence-corrected chi connectivity index (χ0v) is 14.4. The topological polar surface area (TPSA) is 76.1 Å². The van der Waals surface area contributed by atoms with E-state index in [2.05, 4.69) is 20.6 Å². The predicted octanol–water partition coefficient (Wildman–Crippen LogP) is 3.94. The molecule has 3 rings (SSSR count). The van der Waals surface area contributed by atoms with Crippen molar-refractivity contribution in [2.45, 2.75) is 19.6 Å². The molecule has 0 saturated carbocycles. The SMILES string of the molecule is C[C@@H](NC(=O)Nc1cccc(OCc2cccnc2)c1)c1cccnc1. The van der Waals surface area contributed by atoms with Gasteiger partial charge in [0.2, 0.25) is 0 Å². The number of amides is 2. The van der Waals surface area contributed by atoms with Gasteiger partial charge in [0, 0.05) is 42.1 Å². The molecule has 6 nitrogen and oxygen atoms in total. The smallest absolute Gasteiger partial charge is 0.319 e. The summed E-state index contributed by atoms with van der Waals surface area (Å²) in [4.78, 5) is 20.3. The highest BCUT2D eigenvalue weighted by molar-refractivity contribution is 5.89. The molecule has 0 aliphatic carbocycles. The third-order valence-electron chi connectivity index (χ3n) is 3.75. The normalized spacial score (nSPS) is 11.4. The lowest BCUT2D eigenvalue weighted by Crippen LogP contribution is -2.31. The Labute approximate surface area is 152 Å². The van der Waals surface area contributed by atoms with Crippen molar-refractivity contribution >= 4 is 11.7 Å². The van der Waals surface area contributed by atoms with Crippen LogP contribution in [0.2, 0.25) is 0 Å². The van der Waals surface area contributed by atoms with Crippen molar-refractivity contribution in [2.75, 3.05) is 5.32 Å². The molecule has 132 valence electrons. The molecule has 0 radical (unpaired) electrons. The van der Waals surface area contributed by atoms with Crippen molar-refractivity contribution in [1.82, 2.24) is 15.3 Å². The van der Waals surface area contributed by atoms with Crippen LogP contribution < -0.4 is 15.4 Å². The first-order chi connectivity index (χ1) is 12.7. The molecular weight excluding hydrogens is 328 g/mol. The number of ether oxygens (including phenoxy) is 1. The number of pyridine rings is 2. The fraction of sp³-hybridized carbons (Fsp3) is 0.150. The molecule has 6 heteroatoms. The Morgan fingerprint density at radius 2 is 1.88 bits per heavy atom. The van der Waals surface area contributed by atoms with Crippen molar-refractivity contribution in [3.63, 3.8) is 0 Å². The van der Waals surface area contributed by atoms with Crippen LogP contribution in [0.3, 0.4) is 0 Å². The van der Waals surface area contributed by atoms with E-state index in [1.807, 2.05) is 49.4 Å². The summed E-state index contributed by atoms with van der Waals surface area (Å²) < 4.78 is 5.74. The van der Waals surface area contributed by atoms with E-state index in [-0.39, 0.29) is 12.1 Å². The Morgan fingerprint density at radius 1 is 1.08 bits per heavy atom. The third-order valence-corrected chi connectivity index (χ3v) is 3.75. The number of carbonyl (C=O) groups is 1. The number of nitrogens with one attached hydrogen (secondary N) is 2. The minimum Gasteiger partial charge on any atom is -0.489 e. The molecule has 2 N–H and O–H groups in total. The lowest BCUT2D eigenvalue weighted by Gasteiger charge is -2.15. The second-order valence-electron chi connectivity index (χ2n) is 5.78. The van der Waals surface area contributed by atoms with E-state index in [1.54, 1.807) is 30.9 Å². The van der Waals surface area contributed by atoms with Gasteiger partial charge in [-0.05, 0) is 36.8 Å². The highest BCUT2D eigenvalue weighted by Crippen LogP contribution is 2.19. The summed E-state index contributed by atoms with van der Waals surface area (Å²) in [5, 5.41) is 5.70. The fourth-order valence-electron chi connectivity index (χ4n) is 2.39. The molecule has 0 unspecified atom stereocenters. The van der Waals surface area contributed by atoms with E-state index >= 15 is 0 Å². The molecule has 1 atom stereocenters. The Kier molecular flexibility index (Phi) is 5.77. The third kappa shape index (κ3) is 5.04. The minimum absolute atomic E-state index is 0.145. The first-order valence-corrected chi connectivity index (χ1v) is 8.30. The Hall–Kier alpha value is -3.41. The van der Waals surface area contributed by atoms with Crippen LogP contribution in [0.4, 0.5) is 10.5 Å². The number of aromatic nitrogens is 2. The van der Waals surface area contributed by atoms with Crippen LogP contribution in [0.1, 0.15) is 24.1 Å². The highest BCUT2D eigenvalue weighted by Gasteiger charge is 2.10. The molecule has 0 spiro atoms. The van der Waals surface area contributed by atoms with Gasteiger partial charge in [0.1, 0.15) is 12.4 Å². The number of anilines is 1. The summed E-state index contributed by atoms with van der Waals surface area (Å²) in [6, 6.07) is 14.4. The monoisotopic (exact) mass is 348 g/mol. The van der Waals surface area contributed by atoms with Gasteiger partial charge < -0.3 is 15.4 Å². The first kappa shape index (κ1) is 17.4. The Morgan fingerprint density at radius 3 is 2.62 bits per heavy atom. The quantitative estimate of drug-likeness (QED) is 0.707. The number of hydrogen-bond acceptors (Lipinski definition) is 4. The maximum atomic E-state index is 12.2. The second-order valence-corrected chi connectivity index (χ2v) is 5.78. The lowest BCUT2D eigenvalue weighted by molar-refractivity contribution is 0.249. The standard InChI is InChI=1S/C20H20N4O2/c1-15(17-6-4-10-22-13-17)23-20(25)24-18-7-2-8-19(11-18)26-14-16-5-3-9-21-12-16/h2-13,15H,14H2,1H3,(H2,23,24,25)/t15-/m1/s1. The van der Waals surface area contributed by atoms with Gasteiger partial charge in [-0.3, -0.25) is 9.97 Å². The zero-order valence-electron chi connectivity index (χ0n) is 14.4. The first-order valence-electron chi connectivity index (χ1n) is 8.30. The molecule has 3 aromatic rings. The van der Waals surface area contributed by atoms with Crippen molar-refractivity contribution in [3.05, 3.63) is 84.4 Å². The summed E-state index contributed by atoms with van der Waals surface area (Å²) >= 11 is 0. The van der Waals surface area contributed by atoms with Crippen molar-refractivity contribution in [3.8, 4) is 5.75 Å². The van der Waals surface area contributed by atoms with Gasteiger partial charge in [0.15, 0.2) is 0 Å². The number of hydrogen-bond donors (Lipinski definition) is 2. The average molecular weight is 348 g/mol. The summed E-state index contributed by atoms with van der Waals surface area (Å²) in [5.41, 5.74) is 2.58. The predicted molar refractivity (Wildman–Crippen MR) is 99.8 cm³/mol. The van der Waals surface area contributed by atoms with Gasteiger partial charge >= 0.3 is 6.03 Å². The molecule has 0 saturated heterocycles. The Bertz CT molecular complexity index is 841. The van der Waals surface area contributed by atoms with E-state index in [9.17, 15) is 4.79 Å². The van der Waals surface area contributed by atoms with Crippen LogP contribution >= 0.6 is 0 Å². The number of benzene rings is 1. The second kappa shape index (κ2) is 8.62. The van der Waals surface area contributed by atoms with E-state index in [1.165, 1.54) is 0 Å². The van der Waals surface area contributed by atoms with Crippen LogP contribution in [0.5, 0.6) is 5.75 Å². The number of urea groups is 1. The van der Waals surface area contributed by atoms with E-state index in [4.69, 9.17) is 4.74 Å². The number of carbonyl (C=O) groups excluding carboxylic acids is 1. The summed E-state index contributed by atoms with van der Waals surface area (Å²) in [5.74, 6) is 0.673. The van der Waals surface area contributed by atoms with Crippen molar-refractivity contribution in [2.24, 2.45) is 0 Å². The van der Waals surface area contributed by atoms with Gasteiger partial charge in [0.05, 0.1) is 6.04 Å². The van der Waals surface area contributed by atoms with Gasteiger partial charge in [-0.25, -0.2) is 4.79 Å². The molecule has 1 aromatic carbocycles. The van der Waals surface area contributed by atoms with Crippen LogP contribution in [-0.4, -0.2) is 16.0 Å². The summed E-state index contributed by atoms with van der Waals surface area (Å²) in [7, 11) is 0. The van der Waals surface area contributed by atoms with Crippen LogP contribution in [0.15, 0.2) is 73.3 Å². The fourth-order valence-corrected chi connectivity index (χ4v) is 2.39. The molecule has 2 aromatic heterocycles. The van der Waals surface area contributed by atoms with Gasteiger partial charge in [-0.1, -0.05) is 18.2 Å². The van der Waals surface area contributed by atoms with E-state index < -0.39 is 0 Å². The van der Waals surface area contributed by atoms with Crippen LogP contribution in [0, 0.1) is 0 Å². The molecule has 0 aliphatic heterocycles. The molecule has 2 amide bonds. The largest absolute Gasteiger partial charge is 0.489 e. The minimum atomic E-state index is -0.286. The molecular formula is C20H20N4O2. The lowest BCUT2D eigenvalue weighted by atomic mass is 10.1. The maximum Gasteiger partial charge on any atom is 0.319 e. The summed E-state index contributed by atoms with van der Waals surface area (Å²) in [6.07, 6.45) is 6.92. The Balaban J connectivity index is 1.55. The van der Waals surface area contributed by atoms with Crippen LogP contribution in [0.25, 0.3) is 0 Å². The van der Waals surface area contributed by atoms with E-state index in [0.29, 0.717) is 18.0 Å². The van der Waals surface area contributed by atoms with E-state index in [0.717, 1.165) is 11.1 Å². The molecule has 0 fully saturated rings. The molecule has 2 heterocycles. The zero-order chi connectivity index (χ0) is 18.2. The number of rotatable bonds is 6. The van der Waals surface area contributed by atoms with Crippen molar-refractivity contribution < 1.29 is 9.53 Å². The van der Waals surface area contributed by atoms with Crippen molar-refractivity contribution in [1.29, 1.82) is 0 Å². The van der Waals surface area contributed by atoms with Gasteiger partial charge in [-0.15, -0.1) is 0 Å². The van der Waals surface area contributed by atoms with Crippen LogP contribution in [-0.2, 0) is 6.61 Å². The summed E-state index contributed by atoms with van der Waals surface area (Å²) in [6.45, 7) is 2.32. The highest BCUT2D eigenvalue weighted by atomic mass is 16.5. The van der Waals surface area contributed by atoms with Gasteiger partial charge in [0.25, 0.3) is 0 Å².